The van der Waals surface area contributed by atoms with E-state index in [2.05, 4.69) is 10.6 Å². The second-order valence-electron chi connectivity index (χ2n) is 11.0. The van der Waals surface area contributed by atoms with E-state index in [1.807, 2.05) is 32.6 Å². The van der Waals surface area contributed by atoms with Crippen molar-refractivity contribution in [2.24, 2.45) is 17.8 Å². The van der Waals surface area contributed by atoms with Gasteiger partial charge in [-0.15, -0.1) is 0 Å². The second kappa shape index (κ2) is 13.6. The fourth-order valence-electron chi connectivity index (χ4n) is 5.23. The Labute approximate surface area is 220 Å². The summed E-state index contributed by atoms with van der Waals surface area (Å²) >= 11 is 0. The fraction of sp³-hybridized carbons (Fsp3) is 0.704. The third kappa shape index (κ3) is 7.80. The summed E-state index contributed by atoms with van der Waals surface area (Å²) in [6, 6.07) is 2.58. The van der Waals surface area contributed by atoms with Crippen molar-refractivity contribution in [2.45, 2.75) is 65.6 Å². The molecule has 2 N–H and O–H groups in total. The van der Waals surface area contributed by atoms with Crippen LogP contribution in [-0.4, -0.2) is 90.3 Å². The summed E-state index contributed by atoms with van der Waals surface area (Å²) in [6.45, 7) is 11.1. The van der Waals surface area contributed by atoms with Crippen molar-refractivity contribution in [3.8, 4) is 0 Å². The predicted octanol–water partition coefficient (Wildman–Crippen LogP) is 1.93. The predicted molar refractivity (Wildman–Crippen MR) is 139 cm³/mol. The minimum Gasteiger partial charge on any atom is -0.459 e. The number of nitrogens with one attached hydrogen (secondary N) is 2. The number of hydrogen-bond acceptors (Lipinski definition) is 6. The maximum atomic E-state index is 13.6. The molecule has 4 amide bonds. The Morgan fingerprint density at radius 3 is 2.54 bits per heavy atom. The lowest BCUT2D eigenvalue weighted by atomic mass is 9.94. The summed E-state index contributed by atoms with van der Waals surface area (Å²) in [5.74, 6) is 0.401. The maximum Gasteiger partial charge on any atom is 0.291 e. The van der Waals surface area contributed by atoms with Crippen LogP contribution in [0, 0.1) is 17.8 Å². The molecule has 0 aromatic carbocycles. The first-order valence-corrected chi connectivity index (χ1v) is 13.5. The van der Waals surface area contributed by atoms with Crippen LogP contribution < -0.4 is 10.6 Å². The van der Waals surface area contributed by atoms with Crippen LogP contribution in [0.25, 0.3) is 0 Å². The van der Waals surface area contributed by atoms with Gasteiger partial charge in [-0.1, -0.05) is 27.7 Å². The van der Waals surface area contributed by atoms with Gasteiger partial charge in [0.05, 0.1) is 12.8 Å². The average Bonchev–Trinajstić information content (AvgIpc) is 3.39. The maximum absolute atomic E-state index is 13.6. The van der Waals surface area contributed by atoms with E-state index in [0.717, 1.165) is 25.9 Å². The number of amides is 4. The monoisotopic (exact) mass is 517 g/mol. The van der Waals surface area contributed by atoms with Crippen molar-refractivity contribution in [2.75, 3.05) is 39.3 Å². The van der Waals surface area contributed by atoms with Crippen LogP contribution in [0.15, 0.2) is 22.8 Å². The molecule has 0 spiro atoms. The highest BCUT2D eigenvalue weighted by molar-refractivity contribution is 5.92. The molecule has 1 aromatic rings. The minimum absolute atomic E-state index is 0.0637. The zero-order valence-corrected chi connectivity index (χ0v) is 22.7. The van der Waals surface area contributed by atoms with Gasteiger partial charge in [0.2, 0.25) is 18.2 Å². The Hall–Kier alpha value is -2.88. The van der Waals surface area contributed by atoms with E-state index in [4.69, 9.17) is 4.42 Å². The molecule has 1 aromatic heterocycles. The van der Waals surface area contributed by atoms with Crippen LogP contribution in [-0.2, 0) is 14.4 Å². The molecule has 10 heteroatoms. The van der Waals surface area contributed by atoms with E-state index >= 15 is 0 Å². The van der Waals surface area contributed by atoms with E-state index in [1.54, 1.807) is 17.0 Å². The molecule has 2 fully saturated rings. The van der Waals surface area contributed by atoms with Crippen LogP contribution in [0.4, 0.5) is 0 Å². The van der Waals surface area contributed by atoms with Gasteiger partial charge in [-0.05, 0) is 62.2 Å². The van der Waals surface area contributed by atoms with Crippen molar-refractivity contribution >= 4 is 24.1 Å². The van der Waals surface area contributed by atoms with Gasteiger partial charge in [0.15, 0.2) is 5.76 Å². The topological polar surface area (TPSA) is 115 Å². The number of rotatable bonds is 12. The van der Waals surface area contributed by atoms with Crippen molar-refractivity contribution in [3.63, 3.8) is 0 Å². The third-order valence-electron chi connectivity index (χ3n) is 7.06. The van der Waals surface area contributed by atoms with Gasteiger partial charge >= 0.3 is 0 Å². The smallest absolute Gasteiger partial charge is 0.291 e. The Bertz CT molecular complexity index is 897. The molecule has 2 saturated heterocycles. The molecule has 2 aliphatic rings. The fourth-order valence-corrected chi connectivity index (χ4v) is 5.23. The van der Waals surface area contributed by atoms with Crippen LogP contribution >= 0.6 is 0 Å². The zero-order valence-electron chi connectivity index (χ0n) is 22.7. The first-order valence-electron chi connectivity index (χ1n) is 13.5. The van der Waals surface area contributed by atoms with Gasteiger partial charge in [-0.2, -0.15) is 0 Å². The Kier molecular flexibility index (Phi) is 10.5. The van der Waals surface area contributed by atoms with E-state index < -0.39 is 12.2 Å². The summed E-state index contributed by atoms with van der Waals surface area (Å²) in [6.07, 6.45) is 4.32. The van der Waals surface area contributed by atoms with E-state index in [9.17, 15) is 19.2 Å². The number of hydrogen-bond donors (Lipinski definition) is 2. The Balaban J connectivity index is 1.88. The molecule has 2 atom stereocenters. The molecule has 3 rings (SSSR count). The van der Waals surface area contributed by atoms with Gasteiger partial charge in [0.1, 0.15) is 12.2 Å². The molecule has 10 nitrogen and oxygen atoms in total. The van der Waals surface area contributed by atoms with Crippen LogP contribution in [0.3, 0.4) is 0 Å². The lowest BCUT2D eigenvalue weighted by Gasteiger charge is -2.49. The average molecular weight is 518 g/mol. The van der Waals surface area contributed by atoms with Crippen molar-refractivity contribution in [1.29, 1.82) is 0 Å². The normalized spacial score (nSPS) is 21.0. The second-order valence-corrected chi connectivity index (χ2v) is 11.0. The number of piperazine rings is 1. The van der Waals surface area contributed by atoms with Crippen molar-refractivity contribution in [3.05, 3.63) is 24.2 Å². The van der Waals surface area contributed by atoms with Crippen molar-refractivity contribution in [1.82, 2.24) is 25.3 Å². The summed E-state index contributed by atoms with van der Waals surface area (Å²) in [5, 5.41) is 6.25. The molecule has 1 unspecified atom stereocenters. The largest absolute Gasteiger partial charge is 0.459 e. The molecule has 0 saturated carbocycles. The van der Waals surface area contributed by atoms with Gasteiger partial charge in [-0.25, -0.2) is 0 Å². The third-order valence-corrected chi connectivity index (χ3v) is 7.06. The van der Waals surface area contributed by atoms with E-state index in [-0.39, 0.29) is 55.0 Å². The molecule has 0 aliphatic carbocycles. The zero-order chi connectivity index (χ0) is 26.9. The molecule has 0 bridgehead atoms. The Morgan fingerprint density at radius 1 is 1.22 bits per heavy atom. The van der Waals surface area contributed by atoms with E-state index in [1.165, 1.54) is 11.2 Å². The SMILES string of the molecule is CC(C)CC(=O)NCCN(C(=O)c1ccco1)C1CN(CC2CCNCC2)C(=O)[C@@H](CC(C)C)N1C=O. The highest BCUT2D eigenvalue weighted by Crippen LogP contribution is 2.26. The van der Waals surface area contributed by atoms with Gasteiger partial charge in [0.25, 0.3) is 5.91 Å². The van der Waals surface area contributed by atoms with Gasteiger partial charge < -0.3 is 29.8 Å². The lowest BCUT2D eigenvalue weighted by Crippen LogP contribution is -2.68. The lowest BCUT2D eigenvalue weighted by molar-refractivity contribution is -0.157. The highest BCUT2D eigenvalue weighted by Gasteiger charge is 2.44. The van der Waals surface area contributed by atoms with Crippen LogP contribution in [0.1, 0.15) is 63.9 Å². The van der Waals surface area contributed by atoms with E-state index in [0.29, 0.717) is 31.7 Å². The number of carbonyl (C=O) groups is 4. The molecular weight excluding hydrogens is 474 g/mol. The molecule has 206 valence electrons. The van der Waals surface area contributed by atoms with Gasteiger partial charge in [0, 0.05) is 26.1 Å². The Morgan fingerprint density at radius 2 is 1.95 bits per heavy atom. The first kappa shape index (κ1) is 28.7. The molecule has 2 aliphatic heterocycles. The quantitative estimate of drug-likeness (QED) is 0.410. The van der Waals surface area contributed by atoms with Crippen LogP contribution in [0.2, 0.25) is 0 Å². The summed E-state index contributed by atoms with van der Waals surface area (Å²) < 4.78 is 5.40. The number of carbonyl (C=O) groups excluding carboxylic acids is 4. The van der Waals surface area contributed by atoms with Gasteiger partial charge in [-0.3, -0.25) is 19.2 Å². The standard InChI is InChI=1S/C27H43N5O5/c1-19(2)14-22-26(35)30(16-21-7-9-28-10-8-21)17-25(32(22)18-33)31(27(36)23-6-5-13-37-23)12-11-29-24(34)15-20(3)4/h5-6,13,18-22,25,28H,7-12,14-17H2,1-4H3,(H,29,34)/t22-,25?/m1/s1. The highest BCUT2D eigenvalue weighted by atomic mass is 16.3. The summed E-state index contributed by atoms with van der Waals surface area (Å²) in [4.78, 5) is 56.8. The summed E-state index contributed by atoms with van der Waals surface area (Å²) in [7, 11) is 0. The first-order chi connectivity index (χ1) is 17.7. The summed E-state index contributed by atoms with van der Waals surface area (Å²) in [5.41, 5.74) is 0. The minimum atomic E-state index is -0.666. The molecule has 0 radical (unpaired) electrons. The van der Waals surface area contributed by atoms with Crippen LogP contribution in [0.5, 0.6) is 0 Å². The number of piperidine rings is 1. The molecular formula is C27H43N5O5. The number of nitrogens with zero attached hydrogens (tertiary/aromatic N) is 3. The van der Waals surface area contributed by atoms with Crippen molar-refractivity contribution < 1.29 is 23.6 Å². The molecule has 3 heterocycles. The molecule has 37 heavy (non-hydrogen) atoms. The number of furan rings is 1.